The number of aryl methyl sites for hydroxylation is 1. The molecule has 1 aliphatic rings. The Morgan fingerprint density at radius 3 is 2.78 bits per heavy atom. The molecule has 3 rings (SSSR count). The fraction of sp³-hybridized carbons (Fsp3) is 0.368. The molecule has 1 saturated heterocycles. The number of alkyl carbamates (subject to hydrolysis) is 1. The van der Waals surface area contributed by atoms with Crippen LogP contribution in [0.25, 0.3) is 0 Å². The second kappa shape index (κ2) is 10.2. The number of aromatic amines is 1. The van der Waals surface area contributed by atoms with E-state index in [-0.39, 0.29) is 33.7 Å². The molecule has 172 valence electrons. The van der Waals surface area contributed by atoms with Crippen molar-refractivity contribution in [3.63, 3.8) is 0 Å². The van der Waals surface area contributed by atoms with Crippen LogP contribution in [0.1, 0.15) is 32.3 Å². The molecule has 10 nitrogen and oxygen atoms in total. The number of aromatic nitrogens is 2. The molecule has 0 spiro atoms. The normalized spacial score (nSPS) is 18.2. The van der Waals surface area contributed by atoms with Crippen molar-refractivity contribution < 1.29 is 24.2 Å². The molecule has 13 heteroatoms. The molecule has 0 radical (unpaired) electrons. The Bertz CT molecular complexity index is 1040. The number of piperidine rings is 1. The smallest absolute Gasteiger partial charge is 0.407 e. The number of anilines is 1. The largest absolute Gasteiger partial charge is 0.477 e. The fourth-order valence-electron chi connectivity index (χ4n) is 3.19. The Labute approximate surface area is 197 Å². The molecule has 0 saturated carbocycles. The first kappa shape index (κ1) is 23.9. The summed E-state index contributed by atoms with van der Waals surface area (Å²) in [6.45, 7) is 6.12. The van der Waals surface area contributed by atoms with Gasteiger partial charge in [-0.3, -0.25) is 4.79 Å². The minimum absolute atomic E-state index is 0.102. The first-order chi connectivity index (χ1) is 15.2. The molecule has 0 bridgehead atoms. The first-order valence-corrected chi connectivity index (χ1v) is 11.1. The lowest BCUT2D eigenvalue weighted by molar-refractivity contribution is 0.0603. The average molecular weight is 502 g/mol. The summed E-state index contributed by atoms with van der Waals surface area (Å²) in [5.74, 6) is -1.55. The third-order valence-corrected chi connectivity index (χ3v) is 6.77. The average Bonchev–Trinajstić information content (AvgIpc) is 3.35. The minimum Gasteiger partial charge on any atom is -0.477 e. The van der Waals surface area contributed by atoms with Crippen molar-refractivity contribution in [1.82, 2.24) is 20.6 Å². The molecule has 32 heavy (non-hydrogen) atoms. The summed E-state index contributed by atoms with van der Waals surface area (Å²) in [5, 5.41) is 15.4. The maximum absolute atomic E-state index is 12.8. The minimum atomic E-state index is -1.07. The first-order valence-electron chi connectivity index (χ1n) is 9.55. The van der Waals surface area contributed by atoms with E-state index in [1.807, 2.05) is 4.90 Å². The number of nitrogens with one attached hydrogen (secondary N) is 3. The topological polar surface area (TPSA) is 137 Å². The van der Waals surface area contributed by atoms with E-state index in [0.717, 1.165) is 11.3 Å². The highest BCUT2D eigenvalue weighted by molar-refractivity contribution is 7.17. The Hall–Kier alpha value is -2.76. The Morgan fingerprint density at radius 2 is 2.19 bits per heavy atom. The van der Waals surface area contributed by atoms with Gasteiger partial charge in [-0.25, -0.2) is 14.6 Å². The number of thiazole rings is 1. The van der Waals surface area contributed by atoms with Gasteiger partial charge in [-0.2, -0.15) is 0 Å². The Balaban J connectivity index is 1.76. The number of hydrogen-bond acceptors (Lipinski definition) is 7. The lowest BCUT2D eigenvalue weighted by atomic mass is 10.0. The number of carbonyl (C=O) groups excluding carboxylic acids is 2. The zero-order valence-electron chi connectivity index (χ0n) is 17.0. The van der Waals surface area contributed by atoms with Gasteiger partial charge in [-0.1, -0.05) is 40.6 Å². The van der Waals surface area contributed by atoms with Gasteiger partial charge >= 0.3 is 12.1 Å². The van der Waals surface area contributed by atoms with Crippen molar-refractivity contribution >= 4 is 57.6 Å². The standard InChI is InChI=1S/C19H21Cl2N5O5S/c1-3-5-22-19(30)31-11-8-26(18-23-7-12(32-18)17(28)29)6-4-10(11)25-16(27)15-14(21)13(20)9(2)24-15/h3,7,10-11,24H,1,4-6,8H2,2H3,(H,22,30)(H,25,27)(H,28,29). The third kappa shape index (κ3) is 5.34. The Kier molecular flexibility index (Phi) is 7.64. The zero-order chi connectivity index (χ0) is 23.4. The number of halogens is 2. The van der Waals surface area contributed by atoms with E-state index >= 15 is 0 Å². The van der Waals surface area contributed by atoms with E-state index in [9.17, 15) is 14.4 Å². The number of nitrogens with zero attached hydrogens (tertiary/aromatic N) is 2. The highest BCUT2D eigenvalue weighted by atomic mass is 35.5. The lowest BCUT2D eigenvalue weighted by Gasteiger charge is -2.38. The van der Waals surface area contributed by atoms with Gasteiger partial charge < -0.3 is 30.4 Å². The maximum atomic E-state index is 12.8. The predicted octanol–water partition coefficient (Wildman–Crippen LogP) is 3.07. The van der Waals surface area contributed by atoms with Crippen LogP contribution in [0.4, 0.5) is 9.93 Å². The lowest BCUT2D eigenvalue weighted by Crippen LogP contribution is -2.56. The van der Waals surface area contributed by atoms with Crippen LogP contribution in [0, 0.1) is 6.92 Å². The highest BCUT2D eigenvalue weighted by Gasteiger charge is 2.35. The van der Waals surface area contributed by atoms with E-state index in [1.165, 1.54) is 12.3 Å². The van der Waals surface area contributed by atoms with Gasteiger partial charge in [-0.05, 0) is 13.3 Å². The van der Waals surface area contributed by atoms with Crippen LogP contribution in [0.5, 0.6) is 0 Å². The number of carbonyl (C=O) groups is 3. The summed E-state index contributed by atoms with van der Waals surface area (Å²) in [4.78, 5) is 45.0. The zero-order valence-corrected chi connectivity index (χ0v) is 19.3. The molecule has 1 fully saturated rings. The number of carboxylic acids is 1. The van der Waals surface area contributed by atoms with Gasteiger partial charge in [0.1, 0.15) is 16.7 Å². The van der Waals surface area contributed by atoms with Crippen LogP contribution in [0.15, 0.2) is 18.9 Å². The maximum Gasteiger partial charge on any atom is 0.407 e. The van der Waals surface area contributed by atoms with Gasteiger partial charge in [0, 0.05) is 18.8 Å². The molecule has 3 heterocycles. The van der Waals surface area contributed by atoms with Crippen molar-refractivity contribution in [3.8, 4) is 0 Å². The fourth-order valence-corrected chi connectivity index (χ4v) is 4.39. The highest BCUT2D eigenvalue weighted by Crippen LogP contribution is 2.30. The summed E-state index contributed by atoms with van der Waals surface area (Å²) >= 11 is 13.2. The van der Waals surface area contributed by atoms with Gasteiger partial charge in [0.05, 0.1) is 28.8 Å². The monoisotopic (exact) mass is 501 g/mol. The van der Waals surface area contributed by atoms with E-state index in [2.05, 4.69) is 27.2 Å². The number of aromatic carboxylic acids is 1. The van der Waals surface area contributed by atoms with E-state index < -0.39 is 30.1 Å². The predicted molar refractivity (Wildman–Crippen MR) is 121 cm³/mol. The molecule has 2 unspecified atom stereocenters. The summed E-state index contributed by atoms with van der Waals surface area (Å²) in [5.41, 5.74) is 0.684. The number of carboxylic acid groups (broad SMARTS) is 1. The molecule has 4 N–H and O–H groups in total. The second-order valence-corrected chi connectivity index (χ2v) is 8.76. The van der Waals surface area contributed by atoms with Gasteiger partial charge in [-0.15, -0.1) is 6.58 Å². The van der Waals surface area contributed by atoms with E-state index in [4.69, 9.17) is 33.0 Å². The number of hydrogen-bond donors (Lipinski definition) is 4. The van der Waals surface area contributed by atoms with Gasteiger partial charge in [0.25, 0.3) is 5.91 Å². The van der Waals surface area contributed by atoms with Crippen molar-refractivity contribution in [1.29, 1.82) is 0 Å². The second-order valence-electron chi connectivity index (χ2n) is 6.99. The molecule has 1 aliphatic heterocycles. The summed E-state index contributed by atoms with van der Waals surface area (Å²) in [6.07, 6.45) is 1.80. The van der Waals surface area contributed by atoms with Crippen LogP contribution in [0.2, 0.25) is 10.0 Å². The van der Waals surface area contributed by atoms with Crippen LogP contribution in [-0.2, 0) is 4.74 Å². The summed E-state index contributed by atoms with van der Waals surface area (Å²) < 4.78 is 5.55. The van der Waals surface area contributed by atoms with E-state index in [1.54, 1.807) is 6.92 Å². The molecule has 0 aromatic carbocycles. The molecule has 0 aliphatic carbocycles. The van der Waals surface area contributed by atoms with Crippen molar-refractivity contribution in [3.05, 3.63) is 45.2 Å². The quantitative estimate of drug-likeness (QED) is 0.427. The SMILES string of the molecule is C=CCNC(=O)OC1CN(c2ncc(C(=O)O)s2)CCC1NC(=O)c1[nH]c(C)c(Cl)c1Cl. The number of H-pyrrole nitrogens is 1. The third-order valence-electron chi connectivity index (χ3n) is 4.78. The molecule has 2 aromatic rings. The van der Waals surface area contributed by atoms with Crippen molar-refractivity contribution in [2.75, 3.05) is 24.5 Å². The molecule has 2 aromatic heterocycles. The van der Waals surface area contributed by atoms with Gasteiger partial charge in [0.2, 0.25) is 0 Å². The molecular formula is C19H21Cl2N5O5S. The summed E-state index contributed by atoms with van der Waals surface area (Å²) in [6, 6.07) is -0.523. The number of rotatable bonds is 7. The van der Waals surface area contributed by atoms with E-state index in [0.29, 0.717) is 23.8 Å². The molecule has 2 amide bonds. The number of amides is 2. The van der Waals surface area contributed by atoms with Crippen LogP contribution in [0.3, 0.4) is 0 Å². The molecule has 2 atom stereocenters. The summed E-state index contributed by atoms with van der Waals surface area (Å²) in [7, 11) is 0. The Morgan fingerprint density at radius 1 is 1.44 bits per heavy atom. The van der Waals surface area contributed by atoms with Crippen molar-refractivity contribution in [2.45, 2.75) is 25.5 Å². The van der Waals surface area contributed by atoms with Gasteiger partial charge in [0.15, 0.2) is 5.13 Å². The van der Waals surface area contributed by atoms with Crippen LogP contribution >= 0.6 is 34.5 Å². The molecular weight excluding hydrogens is 481 g/mol. The van der Waals surface area contributed by atoms with Crippen LogP contribution in [-0.4, -0.2) is 64.8 Å². The number of ether oxygens (including phenoxy) is 1. The van der Waals surface area contributed by atoms with Crippen molar-refractivity contribution in [2.24, 2.45) is 0 Å². The van der Waals surface area contributed by atoms with Crippen LogP contribution < -0.4 is 15.5 Å².